The Kier molecular flexibility index (Phi) is 7.26. The number of alkyl halides is 3. The molecule has 2 aromatic rings. The van der Waals surface area contributed by atoms with Crippen LogP contribution in [0.2, 0.25) is 5.02 Å². The predicted molar refractivity (Wildman–Crippen MR) is 119 cm³/mol. The molecule has 9 heteroatoms. The zero-order valence-corrected chi connectivity index (χ0v) is 19.0. The first-order valence-electron chi connectivity index (χ1n) is 10.6. The molecule has 3 rings (SSSR count). The number of carbonyl (C=O) groups is 2. The standard InChI is InChI=1S/C24H25ClF3NO4/c1-3-14-8-10-23(11-9-14,22(31)32)29-21(30)16-4-6-18(24(26,27)28)17(12-16)15-5-7-20(33-2)19(25)13-15/h4-7,12-14H,3,8-11H2,1-2H3,(H,29,30)(H,31,32). The number of benzene rings is 2. The number of amides is 1. The van der Waals surface area contributed by atoms with E-state index in [1.807, 2.05) is 6.92 Å². The summed E-state index contributed by atoms with van der Waals surface area (Å²) in [7, 11) is 1.39. The van der Waals surface area contributed by atoms with Gasteiger partial charge in [-0.25, -0.2) is 4.79 Å². The molecular weight excluding hydrogens is 459 g/mol. The van der Waals surface area contributed by atoms with E-state index < -0.39 is 29.2 Å². The molecule has 0 bridgehead atoms. The lowest BCUT2D eigenvalue weighted by molar-refractivity contribution is -0.146. The maximum absolute atomic E-state index is 13.7. The molecular formula is C24H25ClF3NO4. The van der Waals surface area contributed by atoms with Crippen LogP contribution in [0.25, 0.3) is 11.1 Å². The molecule has 0 radical (unpaired) electrons. The number of halogens is 4. The van der Waals surface area contributed by atoms with E-state index in [9.17, 15) is 27.9 Å². The lowest BCUT2D eigenvalue weighted by Crippen LogP contribution is -2.56. The maximum Gasteiger partial charge on any atom is 0.417 e. The Morgan fingerprint density at radius 3 is 2.36 bits per heavy atom. The molecule has 0 aromatic heterocycles. The van der Waals surface area contributed by atoms with Crippen molar-refractivity contribution in [3.63, 3.8) is 0 Å². The second-order valence-corrected chi connectivity index (χ2v) is 8.71. The predicted octanol–water partition coefficient (Wildman–Crippen LogP) is 6.19. The van der Waals surface area contributed by atoms with E-state index in [-0.39, 0.29) is 34.6 Å². The van der Waals surface area contributed by atoms with E-state index in [0.717, 1.165) is 24.6 Å². The number of nitrogens with one attached hydrogen (secondary N) is 1. The molecule has 0 spiro atoms. The quantitative estimate of drug-likeness (QED) is 0.514. The van der Waals surface area contributed by atoms with Gasteiger partial charge in [-0.05, 0) is 73.1 Å². The van der Waals surface area contributed by atoms with Gasteiger partial charge >= 0.3 is 12.1 Å². The number of aliphatic carboxylic acids is 1. The second-order valence-electron chi connectivity index (χ2n) is 8.30. The average Bonchev–Trinajstić information content (AvgIpc) is 2.78. The van der Waals surface area contributed by atoms with Crippen molar-refractivity contribution in [3.8, 4) is 16.9 Å². The first-order valence-corrected chi connectivity index (χ1v) is 11.0. The molecule has 1 saturated carbocycles. The fourth-order valence-corrected chi connectivity index (χ4v) is 4.52. The molecule has 0 saturated heterocycles. The third-order valence-corrected chi connectivity index (χ3v) is 6.64. The first-order chi connectivity index (χ1) is 15.5. The van der Waals surface area contributed by atoms with Gasteiger partial charge in [0.25, 0.3) is 5.91 Å². The number of carboxylic acid groups (broad SMARTS) is 1. The molecule has 2 aromatic carbocycles. The van der Waals surface area contributed by atoms with Gasteiger partial charge < -0.3 is 15.2 Å². The van der Waals surface area contributed by atoms with Gasteiger partial charge in [-0.15, -0.1) is 0 Å². The largest absolute Gasteiger partial charge is 0.495 e. The number of ether oxygens (including phenoxy) is 1. The lowest BCUT2D eigenvalue weighted by atomic mass is 9.75. The van der Waals surface area contributed by atoms with Crippen molar-refractivity contribution in [1.29, 1.82) is 0 Å². The van der Waals surface area contributed by atoms with Gasteiger partial charge in [0.05, 0.1) is 17.7 Å². The third-order valence-electron chi connectivity index (χ3n) is 6.35. The van der Waals surface area contributed by atoms with Gasteiger partial charge in [-0.1, -0.05) is 31.0 Å². The van der Waals surface area contributed by atoms with Crippen molar-refractivity contribution in [2.24, 2.45) is 5.92 Å². The molecule has 1 amide bonds. The smallest absolute Gasteiger partial charge is 0.417 e. The summed E-state index contributed by atoms with van der Waals surface area (Å²) in [6.07, 6.45) is -1.88. The fourth-order valence-electron chi connectivity index (χ4n) is 4.27. The van der Waals surface area contributed by atoms with Crippen LogP contribution in [0.4, 0.5) is 13.2 Å². The highest BCUT2D eigenvalue weighted by atomic mass is 35.5. The van der Waals surface area contributed by atoms with Gasteiger partial charge in [0, 0.05) is 5.56 Å². The minimum Gasteiger partial charge on any atom is -0.495 e. The minimum atomic E-state index is -4.67. The molecule has 1 aliphatic carbocycles. The molecule has 1 aliphatic rings. The summed E-state index contributed by atoms with van der Waals surface area (Å²) in [6, 6.07) is 7.18. The van der Waals surface area contributed by atoms with Gasteiger partial charge in [-0.2, -0.15) is 13.2 Å². The van der Waals surface area contributed by atoms with E-state index >= 15 is 0 Å². The van der Waals surface area contributed by atoms with Crippen LogP contribution in [-0.4, -0.2) is 29.6 Å². The average molecular weight is 484 g/mol. The summed E-state index contributed by atoms with van der Waals surface area (Å²) in [5.41, 5.74) is -2.52. The Hall–Kier alpha value is -2.74. The Morgan fingerprint density at radius 1 is 1.18 bits per heavy atom. The normalized spacial score (nSPS) is 20.8. The topological polar surface area (TPSA) is 75.6 Å². The highest BCUT2D eigenvalue weighted by Gasteiger charge is 2.43. The zero-order valence-electron chi connectivity index (χ0n) is 18.3. The van der Waals surface area contributed by atoms with Crippen LogP contribution in [0.15, 0.2) is 36.4 Å². The number of hydrogen-bond donors (Lipinski definition) is 2. The lowest BCUT2D eigenvalue weighted by Gasteiger charge is -2.37. The number of methoxy groups -OCH3 is 1. The van der Waals surface area contributed by atoms with E-state index in [4.69, 9.17) is 16.3 Å². The van der Waals surface area contributed by atoms with Crippen molar-refractivity contribution >= 4 is 23.5 Å². The van der Waals surface area contributed by atoms with E-state index in [2.05, 4.69) is 5.32 Å². The van der Waals surface area contributed by atoms with E-state index in [1.54, 1.807) is 0 Å². The molecule has 5 nitrogen and oxygen atoms in total. The summed E-state index contributed by atoms with van der Waals surface area (Å²) < 4.78 is 46.1. The summed E-state index contributed by atoms with van der Waals surface area (Å²) in [5, 5.41) is 12.5. The highest BCUT2D eigenvalue weighted by molar-refractivity contribution is 6.32. The minimum absolute atomic E-state index is 0.0665. The third kappa shape index (κ3) is 5.27. The van der Waals surface area contributed by atoms with Crippen molar-refractivity contribution in [1.82, 2.24) is 5.32 Å². The number of hydrogen-bond acceptors (Lipinski definition) is 3. The molecule has 178 valence electrons. The van der Waals surface area contributed by atoms with Gasteiger partial charge in [0.15, 0.2) is 0 Å². The van der Waals surface area contributed by atoms with Crippen molar-refractivity contribution in [2.45, 2.75) is 50.7 Å². The molecule has 0 unspecified atom stereocenters. The Balaban J connectivity index is 1.98. The van der Waals surface area contributed by atoms with Crippen LogP contribution in [-0.2, 0) is 11.0 Å². The second kappa shape index (κ2) is 9.63. The monoisotopic (exact) mass is 483 g/mol. The van der Waals surface area contributed by atoms with Gasteiger partial charge in [0.2, 0.25) is 0 Å². The fraction of sp³-hybridized carbons (Fsp3) is 0.417. The maximum atomic E-state index is 13.7. The summed E-state index contributed by atoms with van der Waals surface area (Å²) in [6.45, 7) is 2.03. The van der Waals surface area contributed by atoms with E-state index in [1.165, 1.54) is 25.3 Å². The Labute approximate surface area is 194 Å². The number of carboxylic acids is 1. The zero-order chi connectivity index (χ0) is 24.4. The summed E-state index contributed by atoms with van der Waals surface area (Å²) >= 11 is 6.10. The van der Waals surface area contributed by atoms with Crippen LogP contribution in [0.1, 0.15) is 54.9 Å². The van der Waals surface area contributed by atoms with Crippen LogP contribution >= 0.6 is 11.6 Å². The van der Waals surface area contributed by atoms with E-state index in [0.29, 0.717) is 24.5 Å². The first kappa shape index (κ1) is 24.9. The van der Waals surface area contributed by atoms with Crippen LogP contribution in [0.5, 0.6) is 5.75 Å². The number of carbonyl (C=O) groups excluding carboxylic acids is 1. The van der Waals surface area contributed by atoms with Gasteiger partial charge in [0.1, 0.15) is 11.3 Å². The number of rotatable bonds is 6. The van der Waals surface area contributed by atoms with Crippen LogP contribution < -0.4 is 10.1 Å². The van der Waals surface area contributed by atoms with Gasteiger partial charge in [-0.3, -0.25) is 4.79 Å². The SMILES string of the molecule is CCC1CCC(NC(=O)c2ccc(C(F)(F)F)c(-c3ccc(OC)c(Cl)c3)c2)(C(=O)O)CC1. The summed E-state index contributed by atoms with van der Waals surface area (Å²) in [5.74, 6) is -1.18. The molecule has 1 fully saturated rings. The Bertz CT molecular complexity index is 1050. The molecule has 0 aliphatic heterocycles. The summed E-state index contributed by atoms with van der Waals surface area (Å²) in [4.78, 5) is 25.0. The molecule has 0 atom stereocenters. The van der Waals surface area contributed by atoms with Crippen molar-refractivity contribution in [2.75, 3.05) is 7.11 Å². The van der Waals surface area contributed by atoms with Crippen molar-refractivity contribution < 1.29 is 32.6 Å². The highest BCUT2D eigenvalue weighted by Crippen LogP contribution is 2.40. The Morgan fingerprint density at radius 2 is 1.85 bits per heavy atom. The molecule has 33 heavy (non-hydrogen) atoms. The molecule has 0 heterocycles. The molecule has 2 N–H and O–H groups in total. The van der Waals surface area contributed by atoms with Crippen LogP contribution in [0, 0.1) is 5.92 Å². The van der Waals surface area contributed by atoms with Crippen LogP contribution in [0.3, 0.4) is 0 Å². The van der Waals surface area contributed by atoms with Crippen molar-refractivity contribution in [3.05, 3.63) is 52.5 Å².